The number of hydrogen-bond acceptors (Lipinski definition) is 2. The van der Waals surface area contributed by atoms with Crippen molar-refractivity contribution in [2.24, 2.45) is 0 Å². The molecule has 3 heteroatoms. The van der Waals surface area contributed by atoms with Crippen LogP contribution in [0, 0.1) is 0 Å². The molecule has 1 unspecified atom stereocenters. The van der Waals surface area contributed by atoms with Crippen molar-refractivity contribution in [2.45, 2.75) is 180 Å². The van der Waals surface area contributed by atoms with Gasteiger partial charge in [0.05, 0.1) is 27.7 Å². The largest absolute Gasteiger partial charge is 0.379 e. The number of nitrogens with zero attached hydrogens (tertiary/aromatic N) is 1. The second-order valence-electron chi connectivity index (χ2n) is 13.9. The van der Waals surface area contributed by atoms with Gasteiger partial charge in [-0.2, -0.15) is 0 Å². The van der Waals surface area contributed by atoms with Crippen molar-refractivity contribution in [1.82, 2.24) is 0 Å². The highest BCUT2D eigenvalue weighted by Crippen LogP contribution is 2.12. The molecule has 0 heterocycles. The molecule has 0 rings (SSSR count). The van der Waals surface area contributed by atoms with Crippen LogP contribution in [0.1, 0.15) is 174 Å². The number of ether oxygens (including phenoxy) is 2. The van der Waals surface area contributed by atoms with Crippen LogP contribution in [0.3, 0.4) is 0 Å². The lowest BCUT2D eigenvalue weighted by molar-refractivity contribution is -0.873. The van der Waals surface area contributed by atoms with E-state index in [-0.39, 0.29) is 6.10 Å². The molecule has 0 bridgehead atoms. The van der Waals surface area contributed by atoms with Gasteiger partial charge in [0, 0.05) is 13.2 Å². The molecule has 0 radical (unpaired) electrons. The van der Waals surface area contributed by atoms with Gasteiger partial charge in [-0.25, -0.2) is 0 Å². The summed E-state index contributed by atoms with van der Waals surface area (Å²) in [6, 6.07) is 0. The Morgan fingerprint density at radius 1 is 0.452 bits per heavy atom. The molecule has 0 N–H and O–H groups in total. The minimum atomic E-state index is 0.209. The van der Waals surface area contributed by atoms with Gasteiger partial charge in [0.2, 0.25) is 0 Å². The highest BCUT2D eigenvalue weighted by atomic mass is 16.5. The van der Waals surface area contributed by atoms with Crippen LogP contribution in [0.4, 0.5) is 0 Å². The van der Waals surface area contributed by atoms with E-state index in [1.54, 1.807) is 0 Å². The van der Waals surface area contributed by atoms with E-state index in [1.807, 2.05) is 0 Å². The third-order valence-corrected chi connectivity index (χ3v) is 8.12. The second-order valence-corrected chi connectivity index (χ2v) is 13.9. The van der Waals surface area contributed by atoms with Crippen LogP contribution in [0.2, 0.25) is 0 Å². The number of unbranched alkanes of at least 4 members (excludes halogenated alkanes) is 21. The van der Waals surface area contributed by atoms with E-state index in [0.717, 1.165) is 30.8 Å². The Morgan fingerprint density at radius 2 is 0.810 bits per heavy atom. The van der Waals surface area contributed by atoms with Gasteiger partial charge < -0.3 is 14.0 Å². The molecule has 0 aliphatic rings. The number of allylic oxidation sites excluding steroid dienone is 4. The Morgan fingerprint density at radius 3 is 1.21 bits per heavy atom. The molecule has 0 saturated carbocycles. The van der Waals surface area contributed by atoms with Gasteiger partial charge in [-0.1, -0.05) is 134 Å². The van der Waals surface area contributed by atoms with Crippen LogP contribution < -0.4 is 0 Å². The summed E-state index contributed by atoms with van der Waals surface area (Å²) in [5.41, 5.74) is 0. The zero-order chi connectivity index (χ0) is 30.8. The van der Waals surface area contributed by atoms with Gasteiger partial charge in [-0.3, -0.25) is 0 Å². The summed E-state index contributed by atoms with van der Waals surface area (Å²) < 4.78 is 13.3. The number of quaternary nitrogens is 1. The lowest BCUT2D eigenvalue weighted by Gasteiger charge is -2.29. The third-order valence-electron chi connectivity index (χ3n) is 8.12. The van der Waals surface area contributed by atoms with E-state index in [1.165, 1.54) is 161 Å². The Labute approximate surface area is 265 Å². The first kappa shape index (κ1) is 41.4. The van der Waals surface area contributed by atoms with E-state index in [0.29, 0.717) is 0 Å². The van der Waals surface area contributed by atoms with Crippen LogP contribution in [0.5, 0.6) is 0 Å². The number of rotatable bonds is 34. The van der Waals surface area contributed by atoms with Crippen molar-refractivity contribution >= 4 is 0 Å². The third kappa shape index (κ3) is 35.6. The summed E-state index contributed by atoms with van der Waals surface area (Å²) in [6.45, 7) is 8.07. The highest BCUT2D eigenvalue weighted by molar-refractivity contribution is 4.82. The molecule has 0 aromatic carbocycles. The van der Waals surface area contributed by atoms with E-state index in [9.17, 15) is 0 Å². The molecule has 0 amide bonds. The normalized spacial score (nSPS) is 13.2. The van der Waals surface area contributed by atoms with Gasteiger partial charge in [0.25, 0.3) is 0 Å². The van der Waals surface area contributed by atoms with Crippen LogP contribution in [0.15, 0.2) is 24.3 Å². The summed E-state index contributed by atoms with van der Waals surface area (Å²) in [7, 11) is 6.75. The average Bonchev–Trinajstić information content (AvgIpc) is 2.95. The summed E-state index contributed by atoms with van der Waals surface area (Å²) >= 11 is 0. The Hall–Kier alpha value is -0.640. The van der Waals surface area contributed by atoms with E-state index < -0.39 is 0 Å². The lowest BCUT2D eigenvalue weighted by Crippen LogP contribution is -2.44. The van der Waals surface area contributed by atoms with Crippen molar-refractivity contribution in [1.29, 1.82) is 0 Å². The summed E-state index contributed by atoms with van der Waals surface area (Å²) in [5.74, 6) is 0. The first-order valence-electron chi connectivity index (χ1n) is 18.8. The molecular formula is C39H78NO2+. The van der Waals surface area contributed by atoms with Crippen LogP contribution in [-0.4, -0.2) is 58.1 Å². The SMILES string of the molecule is CCCCCCC/C=C\CCCCCCOCC(C[N+](C)(C)C)OCCCCCCCC/C=C\CCCCCCCC. The van der Waals surface area contributed by atoms with Gasteiger partial charge in [0.15, 0.2) is 0 Å². The zero-order valence-corrected chi connectivity index (χ0v) is 29.7. The molecule has 0 saturated heterocycles. The molecule has 0 aliphatic heterocycles. The second kappa shape index (κ2) is 33.3. The van der Waals surface area contributed by atoms with Crippen molar-refractivity contribution in [3.63, 3.8) is 0 Å². The number of hydrogen-bond donors (Lipinski definition) is 0. The monoisotopic (exact) mass is 593 g/mol. The molecule has 0 aliphatic carbocycles. The lowest BCUT2D eigenvalue weighted by atomic mass is 10.1. The Balaban J connectivity index is 3.66. The molecule has 1 atom stereocenters. The standard InChI is InChI=1S/C39H78NO2/c1-6-8-10-12-14-16-18-20-21-22-24-26-28-30-32-34-36-42-39(37-40(3,4)5)38-41-35-33-31-29-27-25-23-19-17-15-13-11-9-7-2/h19-21,23,39H,6-18,22,24-38H2,1-5H3/q+1/b21-20-,23-19-. The predicted octanol–water partition coefficient (Wildman–Crippen LogP) is 12.0. The maximum atomic E-state index is 6.30. The fraction of sp³-hybridized carbons (Fsp3) is 0.897. The fourth-order valence-corrected chi connectivity index (χ4v) is 5.50. The molecule has 0 aromatic rings. The highest BCUT2D eigenvalue weighted by Gasteiger charge is 2.19. The van der Waals surface area contributed by atoms with Gasteiger partial charge in [0.1, 0.15) is 12.6 Å². The maximum Gasteiger partial charge on any atom is 0.130 e. The predicted molar refractivity (Wildman–Crippen MR) is 189 cm³/mol. The first-order chi connectivity index (χ1) is 20.5. The smallest absolute Gasteiger partial charge is 0.130 e. The molecule has 0 spiro atoms. The van der Waals surface area contributed by atoms with Crippen molar-refractivity contribution in [3.8, 4) is 0 Å². The molecule has 0 aromatic heterocycles. The van der Waals surface area contributed by atoms with Crippen molar-refractivity contribution in [2.75, 3.05) is 47.5 Å². The number of likely N-dealkylation sites (N-methyl/N-ethyl adjacent to an activating group) is 1. The van der Waals surface area contributed by atoms with E-state index in [2.05, 4.69) is 59.3 Å². The van der Waals surface area contributed by atoms with Gasteiger partial charge in [-0.15, -0.1) is 0 Å². The molecule has 250 valence electrons. The summed E-state index contributed by atoms with van der Waals surface area (Å²) in [4.78, 5) is 0. The quantitative estimate of drug-likeness (QED) is 0.0420. The van der Waals surface area contributed by atoms with Crippen LogP contribution in [-0.2, 0) is 9.47 Å². The van der Waals surface area contributed by atoms with Crippen LogP contribution in [0.25, 0.3) is 0 Å². The minimum Gasteiger partial charge on any atom is -0.379 e. The van der Waals surface area contributed by atoms with E-state index >= 15 is 0 Å². The summed E-state index contributed by atoms with van der Waals surface area (Å²) in [5, 5.41) is 0. The maximum absolute atomic E-state index is 6.30. The Bertz CT molecular complexity index is 565. The molecule has 3 nitrogen and oxygen atoms in total. The average molecular weight is 593 g/mol. The minimum absolute atomic E-state index is 0.209. The molecular weight excluding hydrogens is 514 g/mol. The Kier molecular flexibility index (Phi) is 32.8. The topological polar surface area (TPSA) is 18.5 Å². The van der Waals surface area contributed by atoms with Gasteiger partial charge in [-0.05, 0) is 64.2 Å². The first-order valence-corrected chi connectivity index (χ1v) is 18.8. The van der Waals surface area contributed by atoms with E-state index in [4.69, 9.17) is 9.47 Å². The zero-order valence-electron chi connectivity index (χ0n) is 29.7. The van der Waals surface area contributed by atoms with Crippen molar-refractivity contribution < 1.29 is 14.0 Å². The van der Waals surface area contributed by atoms with Crippen LogP contribution >= 0.6 is 0 Å². The molecule has 42 heavy (non-hydrogen) atoms. The molecule has 0 fully saturated rings. The fourth-order valence-electron chi connectivity index (χ4n) is 5.50. The van der Waals surface area contributed by atoms with Gasteiger partial charge >= 0.3 is 0 Å². The summed E-state index contributed by atoms with van der Waals surface area (Å²) in [6.07, 6.45) is 43.2. The van der Waals surface area contributed by atoms with Crippen molar-refractivity contribution in [3.05, 3.63) is 24.3 Å².